The molecule has 0 spiro atoms. The Balaban J connectivity index is 1.58. The van der Waals surface area contributed by atoms with Gasteiger partial charge in [-0.2, -0.15) is 9.37 Å². The maximum absolute atomic E-state index is 14.2. The van der Waals surface area contributed by atoms with E-state index in [9.17, 15) is 18.0 Å². The number of nitrogens with one attached hydrogen (secondary N) is 3. The fraction of sp³-hybridized carbons (Fsp3) is 0.227. The molecule has 0 aliphatic carbocycles. The van der Waals surface area contributed by atoms with Crippen LogP contribution in [0.5, 0.6) is 11.5 Å². The first-order chi connectivity index (χ1) is 15.8. The molecule has 0 unspecified atom stereocenters. The van der Waals surface area contributed by atoms with Crippen LogP contribution in [-0.4, -0.2) is 43.2 Å². The van der Waals surface area contributed by atoms with Crippen LogP contribution in [0.15, 0.2) is 36.4 Å². The number of ether oxygens (including phenoxy) is 2. The molecule has 11 heteroatoms. The number of aromatic nitrogens is 2. The van der Waals surface area contributed by atoms with E-state index in [1.54, 1.807) is 20.1 Å². The van der Waals surface area contributed by atoms with Gasteiger partial charge in [0.1, 0.15) is 11.6 Å². The van der Waals surface area contributed by atoms with E-state index < -0.39 is 34.7 Å². The van der Waals surface area contributed by atoms with E-state index in [-0.39, 0.29) is 13.1 Å². The zero-order chi connectivity index (χ0) is 24.0. The second-order valence-electron chi connectivity index (χ2n) is 6.82. The van der Waals surface area contributed by atoms with Crippen molar-refractivity contribution in [3.63, 3.8) is 0 Å². The maximum atomic E-state index is 14.2. The van der Waals surface area contributed by atoms with Crippen molar-refractivity contribution in [2.24, 2.45) is 0 Å². The Bertz CT molecular complexity index is 1140. The van der Waals surface area contributed by atoms with Crippen molar-refractivity contribution in [2.75, 3.05) is 37.9 Å². The molecule has 3 rings (SSSR count). The molecule has 0 aliphatic rings. The van der Waals surface area contributed by atoms with Crippen molar-refractivity contribution >= 4 is 23.4 Å². The predicted molar refractivity (Wildman–Crippen MR) is 117 cm³/mol. The second kappa shape index (κ2) is 10.5. The summed E-state index contributed by atoms with van der Waals surface area (Å²) in [6.45, 7) is 2.03. The molecule has 3 aromatic rings. The van der Waals surface area contributed by atoms with E-state index in [0.29, 0.717) is 23.5 Å². The second-order valence-corrected chi connectivity index (χ2v) is 6.82. The van der Waals surface area contributed by atoms with Gasteiger partial charge in [-0.15, -0.1) is 0 Å². The summed E-state index contributed by atoms with van der Waals surface area (Å²) in [6, 6.07) is 9.54. The van der Waals surface area contributed by atoms with Crippen LogP contribution >= 0.6 is 0 Å². The standard InChI is InChI=1S/C22H22F3N5O3/c1-12-10-17(29-13-4-6-14(32-2)7-5-13)30-22(28-12)27-9-8-26-21(31)15-11-16(23)19(25)20(33-3)18(15)24/h4-7,10-11H,8-9H2,1-3H3,(H,26,31)(H2,27,28,29,30). The van der Waals surface area contributed by atoms with Gasteiger partial charge in [-0.05, 0) is 37.3 Å². The van der Waals surface area contributed by atoms with Crippen LogP contribution < -0.4 is 25.4 Å². The van der Waals surface area contributed by atoms with Crippen LogP contribution in [0.1, 0.15) is 16.1 Å². The van der Waals surface area contributed by atoms with Gasteiger partial charge in [0.2, 0.25) is 11.8 Å². The quantitative estimate of drug-likeness (QED) is 0.329. The molecule has 0 aliphatic heterocycles. The van der Waals surface area contributed by atoms with Crippen molar-refractivity contribution in [1.82, 2.24) is 15.3 Å². The molecule has 8 nitrogen and oxygen atoms in total. The van der Waals surface area contributed by atoms with Gasteiger partial charge in [-0.3, -0.25) is 4.79 Å². The molecule has 33 heavy (non-hydrogen) atoms. The molecule has 0 saturated carbocycles. The van der Waals surface area contributed by atoms with Gasteiger partial charge in [0.15, 0.2) is 17.4 Å². The number of nitrogens with zero attached hydrogens (tertiary/aromatic N) is 2. The lowest BCUT2D eigenvalue weighted by Crippen LogP contribution is -2.30. The van der Waals surface area contributed by atoms with E-state index in [1.165, 1.54) is 0 Å². The highest BCUT2D eigenvalue weighted by Crippen LogP contribution is 2.27. The maximum Gasteiger partial charge on any atom is 0.254 e. The smallest absolute Gasteiger partial charge is 0.254 e. The van der Waals surface area contributed by atoms with Crippen molar-refractivity contribution in [3.8, 4) is 11.5 Å². The first-order valence-corrected chi connectivity index (χ1v) is 9.82. The third-order valence-corrected chi connectivity index (χ3v) is 4.47. The zero-order valence-corrected chi connectivity index (χ0v) is 18.1. The predicted octanol–water partition coefficient (Wildman–Crippen LogP) is 3.81. The van der Waals surface area contributed by atoms with Crippen LogP contribution in [0.3, 0.4) is 0 Å². The highest BCUT2D eigenvalue weighted by molar-refractivity contribution is 5.95. The third-order valence-electron chi connectivity index (χ3n) is 4.47. The summed E-state index contributed by atoms with van der Waals surface area (Å²) in [4.78, 5) is 20.8. The summed E-state index contributed by atoms with van der Waals surface area (Å²) in [7, 11) is 2.56. The first kappa shape index (κ1) is 23.6. The number of hydrogen-bond acceptors (Lipinski definition) is 7. The van der Waals surface area contributed by atoms with Crippen molar-refractivity contribution in [3.05, 3.63) is 65.1 Å². The number of halogens is 3. The Hall–Kier alpha value is -4.02. The van der Waals surface area contributed by atoms with Gasteiger partial charge in [0.05, 0.1) is 19.8 Å². The topological polar surface area (TPSA) is 97.4 Å². The van der Waals surface area contributed by atoms with Gasteiger partial charge in [0.25, 0.3) is 5.91 Å². The monoisotopic (exact) mass is 461 g/mol. The van der Waals surface area contributed by atoms with Crippen LogP contribution in [0, 0.1) is 24.4 Å². The van der Waals surface area contributed by atoms with Crippen LogP contribution in [0.25, 0.3) is 0 Å². The number of aryl methyl sites for hydroxylation is 1. The lowest BCUT2D eigenvalue weighted by Gasteiger charge is -2.12. The molecular weight excluding hydrogens is 439 g/mol. The number of carbonyl (C=O) groups excluding carboxylic acids is 1. The number of anilines is 3. The molecular formula is C22H22F3N5O3. The highest BCUT2D eigenvalue weighted by Gasteiger charge is 2.23. The normalized spacial score (nSPS) is 10.5. The van der Waals surface area contributed by atoms with Crippen molar-refractivity contribution < 1.29 is 27.4 Å². The number of hydrogen-bond donors (Lipinski definition) is 3. The number of carbonyl (C=O) groups is 1. The molecule has 0 saturated heterocycles. The largest absolute Gasteiger partial charge is 0.497 e. The summed E-state index contributed by atoms with van der Waals surface area (Å²) in [5.41, 5.74) is 0.836. The fourth-order valence-corrected chi connectivity index (χ4v) is 2.90. The minimum atomic E-state index is -1.50. The average Bonchev–Trinajstić information content (AvgIpc) is 2.79. The molecule has 1 heterocycles. The SMILES string of the molecule is COc1ccc(Nc2cc(C)nc(NCCNC(=O)c3cc(F)c(F)c(OC)c3F)n2)cc1. The molecule has 3 N–H and O–H groups in total. The molecule has 0 atom stereocenters. The van der Waals surface area contributed by atoms with Gasteiger partial charge >= 0.3 is 0 Å². The number of rotatable bonds is 9. The van der Waals surface area contributed by atoms with E-state index in [2.05, 4.69) is 30.7 Å². The van der Waals surface area contributed by atoms with Gasteiger partial charge < -0.3 is 25.4 Å². The summed E-state index contributed by atoms with van der Waals surface area (Å²) < 4.78 is 51.0. The molecule has 0 radical (unpaired) electrons. The first-order valence-electron chi connectivity index (χ1n) is 9.82. The van der Waals surface area contributed by atoms with E-state index >= 15 is 0 Å². The van der Waals surface area contributed by atoms with Crippen LogP contribution in [-0.2, 0) is 0 Å². The lowest BCUT2D eigenvalue weighted by atomic mass is 10.1. The summed E-state index contributed by atoms with van der Waals surface area (Å²) in [6.07, 6.45) is 0. The van der Waals surface area contributed by atoms with E-state index in [4.69, 9.17) is 4.74 Å². The highest BCUT2D eigenvalue weighted by atomic mass is 19.2. The van der Waals surface area contributed by atoms with Crippen molar-refractivity contribution in [1.29, 1.82) is 0 Å². The van der Waals surface area contributed by atoms with Crippen LogP contribution in [0.4, 0.5) is 30.6 Å². The Morgan fingerprint density at radius 1 is 0.970 bits per heavy atom. The Labute approximate surface area is 188 Å². The Morgan fingerprint density at radius 2 is 1.70 bits per heavy atom. The average molecular weight is 461 g/mol. The molecule has 2 aromatic carbocycles. The zero-order valence-electron chi connectivity index (χ0n) is 18.1. The number of benzene rings is 2. The third kappa shape index (κ3) is 5.82. The van der Waals surface area contributed by atoms with Crippen LogP contribution in [0.2, 0.25) is 0 Å². The molecule has 174 valence electrons. The summed E-state index contributed by atoms with van der Waals surface area (Å²) >= 11 is 0. The minimum absolute atomic E-state index is 0.0398. The summed E-state index contributed by atoms with van der Waals surface area (Å²) in [5, 5.41) is 8.52. The Kier molecular flexibility index (Phi) is 7.54. The van der Waals surface area contributed by atoms with Gasteiger partial charge in [0, 0.05) is 30.5 Å². The number of methoxy groups -OCH3 is 2. The minimum Gasteiger partial charge on any atom is -0.497 e. The Morgan fingerprint density at radius 3 is 2.36 bits per heavy atom. The van der Waals surface area contributed by atoms with Gasteiger partial charge in [-0.1, -0.05) is 0 Å². The lowest BCUT2D eigenvalue weighted by molar-refractivity contribution is 0.0949. The molecule has 1 amide bonds. The number of amides is 1. The van der Waals surface area contributed by atoms with E-state index in [0.717, 1.165) is 18.5 Å². The molecule has 0 bridgehead atoms. The van der Waals surface area contributed by atoms with Crippen molar-refractivity contribution in [2.45, 2.75) is 6.92 Å². The molecule has 1 aromatic heterocycles. The van der Waals surface area contributed by atoms with E-state index in [1.807, 2.05) is 24.3 Å². The van der Waals surface area contributed by atoms with Gasteiger partial charge in [-0.25, -0.2) is 13.8 Å². The molecule has 0 fully saturated rings. The fourth-order valence-electron chi connectivity index (χ4n) is 2.90. The summed E-state index contributed by atoms with van der Waals surface area (Å²) in [5.74, 6) is -4.45.